The lowest BCUT2D eigenvalue weighted by atomic mass is 10.3. The van der Waals surface area contributed by atoms with Gasteiger partial charge < -0.3 is 4.74 Å². The summed E-state index contributed by atoms with van der Waals surface area (Å²) in [6.45, 7) is 4.86. The Hall–Kier alpha value is -0.930. The van der Waals surface area contributed by atoms with Crippen LogP contribution in [0, 0.1) is 6.92 Å². The monoisotopic (exact) mass is 192 g/mol. The minimum atomic E-state index is 0.463. The first-order valence-corrected chi connectivity index (χ1v) is 4.97. The van der Waals surface area contributed by atoms with Crippen molar-refractivity contribution in [2.45, 2.75) is 19.6 Å². The third-order valence-electron chi connectivity index (χ3n) is 2.30. The Balaban J connectivity index is 1.88. The molecule has 1 aromatic heterocycles. The minimum absolute atomic E-state index is 0.463. The van der Waals surface area contributed by atoms with Gasteiger partial charge in [0, 0.05) is 18.8 Å². The number of nitrogens with zero attached hydrogens (tertiary/aromatic N) is 2. The van der Waals surface area contributed by atoms with Crippen molar-refractivity contribution in [2.24, 2.45) is 0 Å². The molecule has 2 heterocycles. The molecular weight excluding hydrogens is 176 g/mol. The van der Waals surface area contributed by atoms with Crippen molar-refractivity contribution in [3.8, 4) is 0 Å². The highest BCUT2D eigenvalue weighted by atomic mass is 16.6. The summed E-state index contributed by atoms with van der Waals surface area (Å²) in [6.07, 6.45) is 0.463. The lowest BCUT2D eigenvalue weighted by Gasteiger charge is -2.14. The van der Waals surface area contributed by atoms with Crippen molar-refractivity contribution in [3.63, 3.8) is 0 Å². The number of aryl methyl sites for hydroxylation is 1. The van der Waals surface area contributed by atoms with Crippen molar-refractivity contribution < 1.29 is 4.74 Å². The average Bonchev–Trinajstić information content (AvgIpc) is 2.87. The van der Waals surface area contributed by atoms with Crippen molar-refractivity contribution in [1.29, 1.82) is 0 Å². The molecule has 1 atom stereocenters. The summed E-state index contributed by atoms with van der Waals surface area (Å²) in [5.74, 6) is 0. The number of epoxide rings is 1. The van der Waals surface area contributed by atoms with Crippen LogP contribution in [0.15, 0.2) is 18.2 Å². The SMILES string of the molecule is Cc1cccc(CN(C)CC2CO2)n1. The van der Waals surface area contributed by atoms with Gasteiger partial charge in [0.25, 0.3) is 0 Å². The summed E-state index contributed by atoms with van der Waals surface area (Å²) in [6, 6.07) is 6.14. The molecule has 0 amide bonds. The molecule has 3 heteroatoms. The van der Waals surface area contributed by atoms with Crippen LogP contribution in [-0.2, 0) is 11.3 Å². The minimum Gasteiger partial charge on any atom is -0.372 e. The Morgan fingerprint density at radius 2 is 2.36 bits per heavy atom. The molecule has 0 N–H and O–H groups in total. The summed E-state index contributed by atoms with van der Waals surface area (Å²) in [5.41, 5.74) is 2.21. The van der Waals surface area contributed by atoms with Gasteiger partial charge in [-0.2, -0.15) is 0 Å². The van der Waals surface area contributed by atoms with Gasteiger partial charge in [0.15, 0.2) is 0 Å². The molecule has 0 aliphatic carbocycles. The first-order valence-electron chi connectivity index (χ1n) is 4.97. The number of hydrogen-bond acceptors (Lipinski definition) is 3. The zero-order valence-corrected chi connectivity index (χ0v) is 8.73. The van der Waals surface area contributed by atoms with Gasteiger partial charge in [0.1, 0.15) is 0 Å². The Labute approximate surface area is 84.7 Å². The molecule has 0 aromatic carbocycles. The topological polar surface area (TPSA) is 28.7 Å². The van der Waals surface area contributed by atoms with Gasteiger partial charge in [0.2, 0.25) is 0 Å². The molecule has 1 saturated heterocycles. The van der Waals surface area contributed by atoms with E-state index in [-0.39, 0.29) is 0 Å². The van der Waals surface area contributed by atoms with E-state index < -0.39 is 0 Å². The fourth-order valence-electron chi connectivity index (χ4n) is 1.55. The van der Waals surface area contributed by atoms with Crippen LogP contribution in [0.2, 0.25) is 0 Å². The van der Waals surface area contributed by atoms with Crippen molar-refractivity contribution in [3.05, 3.63) is 29.6 Å². The predicted molar refractivity (Wildman–Crippen MR) is 55.0 cm³/mol. The number of aromatic nitrogens is 1. The Kier molecular flexibility index (Phi) is 2.79. The summed E-state index contributed by atoms with van der Waals surface area (Å²) < 4.78 is 5.18. The molecule has 1 fully saturated rings. The lowest BCUT2D eigenvalue weighted by molar-refractivity contribution is 0.276. The average molecular weight is 192 g/mol. The van der Waals surface area contributed by atoms with E-state index in [9.17, 15) is 0 Å². The molecule has 1 aromatic rings. The zero-order chi connectivity index (χ0) is 9.97. The van der Waals surface area contributed by atoms with E-state index in [1.54, 1.807) is 0 Å². The molecule has 3 nitrogen and oxygen atoms in total. The maximum atomic E-state index is 5.18. The second-order valence-electron chi connectivity index (χ2n) is 3.92. The van der Waals surface area contributed by atoms with Gasteiger partial charge in [-0.1, -0.05) is 6.07 Å². The van der Waals surface area contributed by atoms with Gasteiger partial charge in [-0.05, 0) is 26.1 Å². The predicted octanol–water partition coefficient (Wildman–Crippen LogP) is 1.22. The van der Waals surface area contributed by atoms with E-state index in [0.29, 0.717) is 6.10 Å². The van der Waals surface area contributed by atoms with Crippen LogP contribution in [-0.4, -0.2) is 36.2 Å². The summed E-state index contributed by atoms with van der Waals surface area (Å²) in [7, 11) is 2.10. The lowest BCUT2D eigenvalue weighted by Crippen LogP contribution is -2.23. The maximum absolute atomic E-state index is 5.18. The maximum Gasteiger partial charge on any atom is 0.0936 e. The quantitative estimate of drug-likeness (QED) is 0.672. The molecule has 2 rings (SSSR count). The Morgan fingerprint density at radius 3 is 3.00 bits per heavy atom. The Morgan fingerprint density at radius 1 is 1.57 bits per heavy atom. The van der Waals surface area contributed by atoms with Gasteiger partial charge >= 0.3 is 0 Å². The molecule has 0 spiro atoms. The molecule has 0 saturated carbocycles. The Bertz CT molecular complexity index is 310. The van der Waals surface area contributed by atoms with Gasteiger partial charge in [0.05, 0.1) is 18.4 Å². The fourth-order valence-corrected chi connectivity index (χ4v) is 1.55. The van der Waals surface area contributed by atoms with Crippen LogP contribution in [0.3, 0.4) is 0 Å². The summed E-state index contributed by atoms with van der Waals surface area (Å²) in [5, 5.41) is 0. The van der Waals surface area contributed by atoms with Crippen LogP contribution >= 0.6 is 0 Å². The first kappa shape index (κ1) is 9.62. The molecule has 14 heavy (non-hydrogen) atoms. The van der Waals surface area contributed by atoms with Gasteiger partial charge in [-0.3, -0.25) is 9.88 Å². The molecule has 0 radical (unpaired) electrons. The summed E-state index contributed by atoms with van der Waals surface area (Å²) in [4.78, 5) is 6.71. The number of rotatable bonds is 4. The van der Waals surface area contributed by atoms with Crippen LogP contribution in [0.1, 0.15) is 11.4 Å². The van der Waals surface area contributed by atoms with E-state index in [4.69, 9.17) is 4.74 Å². The smallest absolute Gasteiger partial charge is 0.0936 e. The molecular formula is C11H16N2O. The van der Waals surface area contributed by atoms with Crippen LogP contribution in [0.4, 0.5) is 0 Å². The summed E-state index contributed by atoms with van der Waals surface area (Å²) >= 11 is 0. The zero-order valence-electron chi connectivity index (χ0n) is 8.73. The number of likely N-dealkylation sites (N-methyl/N-ethyl adjacent to an activating group) is 1. The van der Waals surface area contributed by atoms with Crippen LogP contribution in [0.5, 0.6) is 0 Å². The normalized spacial score (nSPS) is 20.1. The number of ether oxygens (including phenoxy) is 1. The highest BCUT2D eigenvalue weighted by Crippen LogP contribution is 2.11. The van der Waals surface area contributed by atoms with E-state index in [1.165, 1.54) is 0 Å². The highest BCUT2D eigenvalue weighted by molar-refractivity contribution is 5.09. The number of hydrogen-bond donors (Lipinski definition) is 0. The molecule has 1 aliphatic rings. The fraction of sp³-hybridized carbons (Fsp3) is 0.545. The van der Waals surface area contributed by atoms with Gasteiger partial charge in [-0.25, -0.2) is 0 Å². The molecule has 76 valence electrons. The third-order valence-corrected chi connectivity index (χ3v) is 2.30. The second kappa shape index (κ2) is 4.07. The van der Waals surface area contributed by atoms with E-state index in [1.807, 2.05) is 13.0 Å². The van der Waals surface area contributed by atoms with Gasteiger partial charge in [-0.15, -0.1) is 0 Å². The van der Waals surface area contributed by atoms with Crippen molar-refractivity contribution in [2.75, 3.05) is 20.2 Å². The molecule has 0 bridgehead atoms. The van der Waals surface area contributed by atoms with Crippen molar-refractivity contribution in [1.82, 2.24) is 9.88 Å². The van der Waals surface area contributed by atoms with E-state index in [2.05, 4.69) is 29.1 Å². The van der Waals surface area contributed by atoms with Crippen LogP contribution < -0.4 is 0 Å². The third kappa shape index (κ3) is 2.79. The van der Waals surface area contributed by atoms with E-state index >= 15 is 0 Å². The standard InChI is InChI=1S/C11H16N2O/c1-9-4-3-5-10(12-9)6-13(2)7-11-8-14-11/h3-5,11H,6-8H2,1-2H3. The van der Waals surface area contributed by atoms with Crippen molar-refractivity contribution >= 4 is 0 Å². The molecule has 1 unspecified atom stereocenters. The first-order chi connectivity index (χ1) is 6.74. The largest absolute Gasteiger partial charge is 0.372 e. The second-order valence-corrected chi connectivity index (χ2v) is 3.92. The van der Waals surface area contributed by atoms with E-state index in [0.717, 1.165) is 31.1 Å². The molecule has 1 aliphatic heterocycles. The highest BCUT2D eigenvalue weighted by Gasteiger charge is 2.23. The number of pyridine rings is 1. The van der Waals surface area contributed by atoms with Crippen LogP contribution in [0.25, 0.3) is 0 Å².